The predicted molar refractivity (Wildman–Crippen MR) is 89.6 cm³/mol. The van der Waals surface area contributed by atoms with Crippen LogP contribution in [0.5, 0.6) is 5.75 Å². The van der Waals surface area contributed by atoms with Gasteiger partial charge in [-0.1, -0.05) is 81.7 Å². The van der Waals surface area contributed by atoms with Gasteiger partial charge in [-0.15, -0.1) is 0 Å². The first kappa shape index (κ1) is 20.8. The Morgan fingerprint density at radius 2 is 1.09 bits per heavy atom. The molecule has 0 saturated carbocycles. The molecular formula is C13H5Cl6F3O. The normalized spacial score (nSPS) is 11.0. The van der Waals surface area contributed by atoms with Gasteiger partial charge in [0.2, 0.25) is 0 Å². The standard InChI is InChI=1S/C7H4ClF3.C6HCl5O/c8-6-4-2-1-3-5(6)7(9,10)11;7-1-2(8)4(10)6(12)5(11)3(1)9/h1-4H;12H. The highest BCUT2D eigenvalue weighted by molar-refractivity contribution is 6.55. The molecule has 0 bridgehead atoms. The van der Waals surface area contributed by atoms with Crippen LogP contribution in [-0.4, -0.2) is 5.11 Å². The molecule has 0 amide bonds. The molecule has 2 rings (SSSR count). The van der Waals surface area contributed by atoms with Crippen molar-refractivity contribution in [2.75, 3.05) is 0 Å². The molecule has 2 aromatic rings. The fraction of sp³-hybridized carbons (Fsp3) is 0.0769. The molecule has 1 nitrogen and oxygen atoms in total. The largest absolute Gasteiger partial charge is 0.505 e. The molecule has 0 aliphatic heterocycles. The average Bonchev–Trinajstić information content (AvgIpc) is 2.49. The molecule has 23 heavy (non-hydrogen) atoms. The highest BCUT2D eigenvalue weighted by Crippen LogP contribution is 2.47. The quantitative estimate of drug-likeness (QED) is 0.321. The molecule has 0 aliphatic carbocycles. The molecule has 1 N–H and O–H groups in total. The van der Waals surface area contributed by atoms with Crippen LogP contribution in [0.1, 0.15) is 5.56 Å². The Bertz CT molecular complexity index is 613. The molecular weight excluding hydrogens is 442 g/mol. The summed E-state index contributed by atoms with van der Waals surface area (Å²) in [6.07, 6.45) is -4.35. The lowest BCUT2D eigenvalue weighted by Gasteiger charge is -2.06. The van der Waals surface area contributed by atoms with Crippen LogP contribution < -0.4 is 0 Å². The third-order valence-electron chi connectivity index (χ3n) is 2.37. The molecule has 0 heterocycles. The van der Waals surface area contributed by atoms with Gasteiger partial charge in [-0.25, -0.2) is 0 Å². The van der Waals surface area contributed by atoms with Crippen molar-refractivity contribution in [1.29, 1.82) is 0 Å². The van der Waals surface area contributed by atoms with Gasteiger partial charge in [0.05, 0.1) is 25.7 Å². The predicted octanol–water partition coefficient (Wildman–Crippen LogP) is 8.02. The van der Waals surface area contributed by atoms with Crippen molar-refractivity contribution in [2.24, 2.45) is 0 Å². The second-order valence-electron chi connectivity index (χ2n) is 3.90. The Morgan fingerprint density at radius 3 is 1.43 bits per heavy atom. The summed E-state index contributed by atoms with van der Waals surface area (Å²) in [7, 11) is 0. The van der Waals surface area contributed by atoms with Crippen LogP contribution in [0.3, 0.4) is 0 Å². The number of phenolic OH excluding ortho intramolecular Hbond substituents is 1. The lowest BCUT2D eigenvalue weighted by atomic mass is 10.2. The van der Waals surface area contributed by atoms with Gasteiger partial charge in [0.1, 0.15) is 10.0 Å². The minimum Gasteiger partial charge on any atom is -0.505 e. The lowest BCUT2D eigenvalue weighted by Crippen LogP contribution is -2.04. The monoisotopic (exact) mass is 444 g/mol. The number of halogens is 9. The van der Waals surface area contributed by atoms with E-state index in [-0.39, 0.29) is 35.9 Å². The zero-order chi connectivity index (χ0) is 17.9. The second-order valence-corrected chi connectivity index (χ2v) is 6.19. The summed E-state index contributed by atoms with van der Waals surface area (Å²) in [5, 5.41) is 8.75. The minimum absolute atomic E-state index is 0.00904. The molecule has 0 aliphatic rings. The van der Waals surface area contributed by atoms with Gasteiger partial charge in [0, 0.05) is 0 Å². The fourth-order valence-corrected chi connectivity index (χ4v) is 2.66. The van der Waals surface area contributed by atoms with Crippen LogP contribution in [0.2, 0.25) is 30.1 Å². The fourth-order valence-electron chi connectivity index (χ4n) is 1.28. The van der Waals surface area contributed by atoms with Crippen molar-refractivity contribution < 1.29 is 18.3 Å². The Morgan fingerprint density at radius 1 is 0.696 bits per heavy atom. The van der Waals surface area contributed by atoms with Crippen molar-refractivity contribution in [2.45, 2.75) is 6.18 Å². The van der Waals surface area contributed by atoms with Crippen LogP contribution in [0.4, 0.5) is 13.2 Å². The maximum atomic E-state index is 12.0. The maximum Gasteiger partial charge on any atom is 0.417 e. The maximum absolute atomic E-state index is 12.0. The van der Waals surface area contributed by atoms with Crippen LogP contribution in [-0.2, 0) is 6.18 Å². The number of aromatic hydroxyl groups is 1. The average molecular weight is 447 g/mol. The van der Waals surface area contributed by atoms with Crippen molar-refractivity contribution in [3.8, 4) is 5.75 Å². The number of hydrogen-bond acceptors (Lipinski definition) is 1. The van der Waals surface area contributed by atoms with Gasteiger partial charge in [-0.2, -0.15) is 13.2 Å². The zero-order valence-corrected chi connectivity index (χ0v) is 15.2. The summed E-state index contributed by atoms with van der Waals surface area (Å²) in [5.41, 5.74) is -0.790. The molecule has 0 unspecified atom stereocenters. The Kier molecular flexibility index (Phi) is 7.45. The number of phenols is 1. The minimum atomic E-state index is -4.35. The first-order valence-electron chi connectivity index (χ1n) is 5.50. The number of alkyl halides is 3. The first-order chi connectivity index (χ1) is 10.5. The molecule has 0 radical (unpaired) electrons. The number of benzene rings is 2. The van der Waals surface area contributed by atoms with E-state index in [1.54, 1.807) is 0 Å². The third-order valence-corrected chi connectivity index (χ3v) is 4.95. The van der Waals surface area contributed by atoms with E-state index >= 15 is 0 Å². The van der Waals surface area contributed by atoms with Gasteiger partial charge in [0.15, 0.2) is 5.75 Å². The van der Waals surface area contributed by atoms with Crippen molar-refractivity contribution in [1.82, 2.24) is 0 Å². The van der Waals surface area contributed by atoms with Gasteiger partial charge < -0.3 is 5.11 Å². The molecule has 0 atom stereocenters. The molecule has 0 saturated heterocycles. The van der Waals surface area contributed by atoms with Crippen molar-refractivity contribution in [3.63, 3.8) is 0 Å². The number of rotatable bonds is 0. The first-order valence-corrected chi connectivity index (χ1v) is 7.77. The van der Waals surface area contributed by atoms with Crippen molar-refractivity contribution >= 4 is 69.6 Å². The van der Waals surface area contributed by atoms with Gasteiger partial charge in [0.25, 0.3) is 0 Å². The van der Waals surface area contributed by atoms with Crippen LogP contribution in [0.15, 0.2) is 24.3 Å². The van der Waals surface area contributed by atoms with Crippen LogP contribution >= 0.6 is 69.6 Å². The van der Waals surface area contributed by atoms with Crippen LogP contribution in [0, 0.1) is 0 Å². The summed E-state index contributed by atoms with van der Waals surface area (Å²) in [6.45, 7) is 0. The summed E-state index contributed by atoms with van der Waals surface area (Å²) < 4.78 is 35.9. The summed E-state index contributed by atoms with van der Waals surface area (Å²) in [6, 6.07) is 4.92. The summed E-state index contributed by atoms with van der Waals surface area (Å²) in [5.74, 6) is -0.363. The van der Waals surface area contributed by atoms with E-state index in [2.05, 4.69) is 0 Å². The lowest BCUT2D eigenvalue weighted by molar-refractivity contribution is -0.137. The van der Waals surface area contributed by atoms with E-state index in [9.17, 15) is 18.3 Å². The van der Waals surface area contributed by atoms with Gasteiger partial charge in [-0.3, -0.25) is 0 Å². The summed E-state index contributed by atoms with van der Waals surface area (Å²) in [4.78, 5) is 0. The zero-order valence-electron chi connectivity index (χ0n) is 10.7. The SMILES string of the molecule is FC(F)(F)c1ccccc1Cl.Oc1c(Cl)c(Cl)c(Cl)c(Cl)c1Cl. The Balaban J connectivity index is 0.000000231. The Labute approximate surface area is 159 Å². The molecule has 0 aromatic heterocycles. The van der Waals surface area contributed by atoms with E-state index in [1.807, 2.05) is 0 Å². The molecule has 2 aromatic carbocycles. The van der Waals surface area contributed by atoms with Crippen molar-refractivity contribution in [3.05, 3.63) is 60.0 Å². The summed E-state index contributed by atoms with van der Waals surface area (Å²) >= 11 is 33.2. The van der Waals surface area contributed by atoms with E-state index in [1.165, 1.54) is 18.2 Å². The van der Waals surface area contributed by atoms with Crippen LogP contribution in [0.25, 0.3) is 0 Å². The molecule has 0 spiro atoms. The smallest absolute Gasteiger partial charge is 0.417 e. The van der Waals surface area contributed by atoms with E-state index in [4.69, 9.17) is 69.6 Å². The highest BCUT2D eigenvalue weighted by Gasteiger charge is 2.32. The van der Waals surface area contributed by atoms with E-state index < -0.39 is 11.7 Å². The molecule has 10 heteroatoms. The van der Waals surface area contributed by atoms with Gasteiger partial charge in [-0.05, 0) is 12.1 Å². The second kappa shape index (κ2) is 8.24. The van der Waals surface area contributed by atoms with Gasteiger partial charge >= 0.3 is 6.18 Å². The molecule has 126 valence electrons. The molecule has 0 fully saturated rings. The highest BCUT2D eigenvalue weighted by atomic mass is 35.5. The topological polar surface area (TPSA) is 20.2 Å². The third kappa shape index (κ3) is 5.12. The van der Waals surface area contributed by atoms with E-state index in [0.29, 0.717) is 0 Å². The Hall–Kier alpha value is -0.230. The van der Waals surface area contributed by atoms with E-state index in [0.717, 1.165) is 6.07 Å². The number of hydrogen-bond donors (Lipinski definition) is 1.